The van der Waals surface area contributed by atoms with E-state index in [9.17, 15) is 9.90 Å². The summed E-state index contributed by atoms with van der Waals surface area (Å²) in [6, 6.07) is 9.51. The van der Waals surface area contributed by atoms with Crippen LogP contribution in [-0.2, 0) is 16.1 Å². The van der Waals surface area contributed by atoms with Gasteiger partial charge in [-0.05, 0) is 31.4 Å². The Kier molecular flexibility index (Phi) is 6.30. The Labute approximate surface area is 114 Å². The van der Waals surface area contributed by atoms with Crippen molar-refractivity contribution < 1.29 is 14.6 Å². The van der Waals surface area contributed by atoms with Crippen LogP contribution in [0.4, 0.5) is 0 Å². The second kappa shape index (κ2) is 7.74. The van der Waals surface area contributed by atoms with E-state index in [2.05, 4.69) is 0 Å². The number of rotatable bonds is 6. The number of aliphatic hydroxyl groups excluding tert-OH is 1. The first-order valence-electron chi connectivity index (χ1n) is 6.61. The smallest absolute Gasteiger partial charge is 0.311 e. The van der Waals surface area contributed by atoms with E-state index in [1.165, 1.54) is 0 Å². The zero-order valence-electron chi connectivity index (χ0n) is 11.8. The van der Waals surface area contributed by atoms with Crippen LogP contribution in [0.3, 0.4) is 0 Å². The molecule has 0 aliphatic carbocycles. The van der Waals surface area contributed by atoms with Crippen molar-refractivity contribution in [1.29, 1.82) is 0 Å². The molecule has 0 heterocycles. The molecule has 3 nitrogen and oxygen atoms in total. The number of ether oxygens (including phenoxy) is 1. The summed E-state index contributed by atoms with van der Waals surface area (Å²) in [6.45, 7) is 5.75. The van der Waals surface area contributed by atoms with E-state index in [1.807, 2.05) is 50.3 Å². The van der Waals surface area contributed by atoms with E-state index in [1.54, 1.807) is 6.92 Å². The van der Waals surface area contributed by atoms with E-state index >= 15 is 0 Å². The van der Waals surface area contributed by atoms with Crippen LogP contribution in [0.15, 0.2) is 42.0 Å². The van der Waals surface area contributed by atoms with Gasteiger partial charge in [0.15, 0.2) is 0 Å². The molecule has 0 aromatic heterocycles. The van der Waals surface area contributed by atoms with Gasteiger partial charge in [-0.2, -0.15) is 0 Å². The van der Waals surface area contributed by atoms with Crippen LogP contribution < -0.4 is 0 Å². The molecule has 1 aromatic rings. The molecule has 0 amide bonds. The average Bonchev–Trinajstić information content (AvgIpc) is 2.44. The Morgan fingerprint density at radius 3 is 2.58 bits per heavy atom. The highest BCUT2D eigenvalue weighted by Crippen LogP contribution is 2.15. The minimum Gasteiger partial charge on any atom is -0.461 e. The highest BCUT2D eigenvalue weighted by atomic mass is 16.5. The van der Waals surface area contributed by atoms with Crippen LogP contribution >= 0.6 is 0 Å². The summed E-state index contributed by atoms with van der Waals surface area (Å²) < 4.78 is 5.21. The minimum absolute atomic E-state index is 0.243. The molecule has 1 rings (SSSR count). The van der Waals surface area contributed by atoms with Gasteiger partial charge in [0.2, 0.25) is 0 Å². The summed E-state index contributed by atoms with van der Waals surface area (Å²) in [5.41, 5.74) is 1.75. The number of esters is 1. The predicted molar refractivity (Wildman–Crippen MR) is 75.5 cm³/mol. The number of carbonyl (C=O) groups excluding carboxylic acids is 1. The highest BCUT2D eigenvalue weighted by molar-refractivity contribution is 5.73. The molecule has 1 N–H and O–H groups in total. The lowest BCUT2D eigenvalue weighted by molar-refractivity contribution is -0.152. The summed E-state index contributed by atoms with van der Waals surface area (Å²) in [6.07, 6.45) is 1.99. The van der Waals surface area contributed by atoms with Crippen molar-refractivity contribution in [2.24, 2.45) is 5.92 Å². The molecule has 0 spiro atoms. The van der Waals surface area contributed by atoms with Crippen molar-refractivity contribution in [2.45, 2.75) is 39.9 Å². The summed E-state index contributed by atoms with van der Waals surface area (Å²) in [5.74, 6) is -0.924. The first-order chi connectivity index (χ1) is 9.06. The average molecular weight is 262 g/mol. The Hall–Kier alpha value is -1.61. The number of hydrogen-bond acceptors (Lipinski definition) is 3. The van der Waals surface area contributed by atoms with Crippen LogP contribution in [-0.4, -0.2) is 17.2 Å². The summed E-state index contributed by atoms with van der Waals surface area (Å²) in [7, 11) is 0. The summed E-state index contributed by atoms with van der Waals surface area (Å²) in [4.78, 5) is 11.9. The number of hydrogen-bond donors (Lipinski definition) is 1. The van der Waals surface area contributed by atoms with E-state index in [4.69, 9.17) is 4.74 Å². The molecule has 0 aliphatic rings. The summed E-state index contributed by atoms with van der Waals surface area (Å²) >= 11 is 0. The zero-order chi connectivity index (χ0) is 14.3. The van der Waals surface area contributed by atoms with Crippen molar-refractivity contribution >= 4 is 5.97 Å². The molecule has 3 heteroatoms. The summed E-state index contributed by atoms with van der Waals surface area (Å²) in [5, 5.41) is 10.0. The molecule has 0 saturated heterocycles. The fourth-order valence-corrected chi connectivity index (χ4v) is 1.83. The largest absolute Gasteiger partial charge is 0.461 e. The maximum absolute atomic E-state index is 11.9. The van der Waals surface area contributed by atoms with Crippen molar-refractivity contribution in [2.75, 3.05) is 0 Å². The van der Waals surface area contributed by atoms with Crippen molar-refractivity contribution in [3.8, 4) is 0 Å². The highest BCUT2D eigenvalue weighted by Gasteiger charge is 2.24. The molecule has 0 bridgehead atoms. The fourth-order valence-electron chi connectivity index (χ4n) is 1.83. The molecule has 19 heavy (non-hydrogen) atoms. The van der Waals surface area contributed by atoms with E-state index < -0.39 is 12.0 Å². The minimum atomic E-state index is -0.775. The number of allylic oxidation sites excluding steroid dienone is 1. The Balaban J connectivity index is 2.51. The number of benzene rings is 1. The van der Waals surface area contributed by atoms with Gasteiger partial charge >= 0.3 is 5.97 Å². The molecule has 2 atom stereocenters. The van der Waals surface area contributed by atoms with Crippen molar-refractivity contribution in [1.82, 2.24) is 0 Å². The van der Waals surface area contributed by atoms with Gasteiger partial charge in [0.25, 0.3) is 0 Å². The van der Waals surface area contributed by atoms with Crippen molar-refractivity contribution in [3.05, 3.63) is 47.5 Å². The van der Waals surface area contributed by atoms with Gasteiger partial charge in [-0.1, -0.05) is 43.3 Å². The van der Waals surface area contributed by atoms with Crippen LogP contribution in [0.25, 0.3) is 0 Å². The molecule has 0 saturated carbocycles. The Morgan fingerprint density at radius 2 is 2.00 bits per heavy atom. The monoisotopic (exact) mass is 262 g/mol. The molecule has 1 unspecified atom stereocenters. The van der Waals surface area contributed by atoms with Crippen LogP contribution in [0.2, 0.25) is 0 Å². The van der Waals surface area contributed by atoms with E-state index in [-0.39, 0.29) is 12.6 Å². The number of aliphatic hydroxyl groups is 1. The van der Waals surface area contributed by atoms with Crippen LogP contribution in [0.1, 0.15) is 32.8 Å². The standard InChI is InChI=1S/C16H22O3/c1-4-8-12(2)15(17)13(3)16(18)19-11-14-9-6-5-7-10-14/h5-10,13,15,17H,4,11H2,1-3H3/t13?,15-/m0/s1. The Morgan fingerprint density at radius 1 is 1.37 bits per heavy atom. The van der Waals surface area contributed by atoms with Gasteiger partial charge < -0.3 is 9.84 Å². The normalized spacial score (nSPS) is 14.8. The first-order valence-corrected chi connectivity index (χ1v) is 6.61. The molecule has 0 radical (unpaired) electrons. The maximum atomic E-state index is 11.9. The lowest BCUT2D eigenvalue weighted by Crippen LogP contribution is -2.28. The Bertz CT molecular complexity index is 423. The quantitative estimate of drug-likeness (QED) is 0.633. The molecule has 1 aromatic carbocycles. The van der Waals surface area contributed by atoms with Gasteiger partial charge in [0.1, 0.15) is 6.61 Å². The maximum Gasteiger partial charge on any atom is 0.311 e. The molecular weight excluding hydrogens is 240 g/mol. The SMILES string of the molecule is CCC=C(C)[C@H](O)C(C)C(=O)OCc1ccccc1. The second-order valence-electron chi connectivity index (χ2n) is 4.68. The van der Waals surface area contributed by atoms with Crippen LogP contribution in [0.5, 0.6) is 0 Å². The fraction of sp³-hybridized carbons (Fsp3) is 0.438. The van der Waals surface area contributed by atoms with Gasteiger partial charge in [0, 0.05) is 0 Å². The van der Waals surface area contributed by atoms with Gasteiger partial charge in [0.05, 0.1) is 12.0 Å². The molecular formula is C16H22O3. The molecule has 0 fully saturated rings. The van der Waals surface area contributed by atoms with Crippen LogP contribution in [0, 0.1) is 5.92 Å². The van der Waals surface area contributed by atoms with E-state index in [0.29, 0.717) is 0 Å². The molecule has 104 valence electrons. The third-order valence-electron chi connectivity index (χ3n) is 3.06. The predicted octanol–water partition coefficient (Wildman–Crippen LogP) is 3.08. The third-order valence-corrected chi connectivity index (χ3v) is 3.06. The first kappa shape index (κ1) is 15.4. The van der Waals surface area contributed by atoms with Crippen molar-refractivity contribution in [3.63, 3.8) is 0 Å². The van der Waals surface area contributed by atoms with E-state index in [0.717, 1.165) is 17.6 Å². The zero-order valence-corrected chi connectivity index (χ0v) is 11.8. The third kappa shape index (κ3) is 4.87. The lowest BCUT2D eigenvalue weighted by Gasteiger charge is -2.18. The second-order valence-corrected chi connectivity index (χ2v) is 4.68. The van der Waals surface area contributed by atoms with Gasteiger partial charge in [-0.15, -0.1) is 0 Å². The topological polar surface area (TPSA) is 46.5 Å². The molecule has 0 aliphatic heterocycles. The van der Waals surface area contributed by atoms with Gasteiger partial charge in [-0.25, -0.2) is 0 Å². The lowest BCUT2D eigenvalue weighted by atomic mass is 9.98. The number of carbonyl (C=O) groups is 1. The van der Waals surface area contributed by atoms with Gasteiger partial charge in [-0.3, -0.25) is 4.79 Å².